The summed E-state index contributed by atoms with van der Waals surface area (Å²) < 4.78 is 0. The molecule has 94 valence electrons. The number of nitrogens with one attached hydrogen (secondary N) is 1. The summed E-state index contributed by atoms with van der Waals surface area (Å²) >= 11 is 3.17. The fourth-order valence-electron chi connectivity index (χ4n) is 2.02. The number of hydrogen-bond acceptors (Lipinski definition) is 5. The molecule has 0 radical (unpaired) electrons. The third-order valence-corrected chi connectivity index (χ3v) is 5.07. The Labute approximate surface area is 113 Å². The molecule has 18 heavy (non-hydrogen) atoms. The first-order valence-electron chi connectivity index (χ1n) is 5.97. The van der Waals surface area contributed by atoms with Gasteiger partial charge in [0.2, 0.25) is 5.91 Å². The van der Waals surface area contributed by atoms with Gasteiger partial charge in [-0.15, -0.1) is 11.3 Å². The largest absolute Gasteiger partial charge is 0.355 e. The van der Waals surface area contributed by atoms with Crippen molar-refractivity contribution in [2.75, 3.05) is 6.54 Å². The lowest BCUT2D eigenvalue weighted by Gasteiger charge is -2.12. The average molecular weight is 279 g/mol. The number of amides is 1. The predicted molar refractivity (Wildman–Crippen MR) is 73.9 cm³/mol. The molecule has 1 fully saturated rings. The van der Waals surface area contributed by atoms with Crippen LogP contribution in [0.1, 0.15) is 19.3 Å². The van der Waals surface area contributed by atoms with E-state index in [1.54, 1.807) is 29.4 Å². The van der Waals surface area contributed by atoms with Crippen LogP contribution in [-0.2, 0) is 4.79 Å². The number of thiophene rings is 1. The van der Waals surface area contributed by atoms with E-state index in [0.717, 1.165) is 41.0 Å². The highest BCUT2D eigenvalue weighted by atomic mass is 32.2. The molecule has 1 aliphatic rings. The molecular weight excluding hydrogens is 266 g/mol. The fraction of sp³-hybridized carbons (Fsp3) is 0.417. The molecule has 1 N–H and O–H groups in total. The summed E-state index contributed by atoms with van der Waals surface area (Å²) in [5.74, 6) is 0.138. The minimum Gasteiger partial charge on any atom is -0.355 e. The summed E-state index contributed by atoms with van der Waals surface area (Å²) in [7, 11) is 0. The van der Waals surface area contributed by atoms with Crippen molar-refractivity contribution in [3.63, 3.8) is 0 Å². The van der Waals surface area contributed by atoms with Crippen molar-refractivity contribution in [1.82, 2.24) is 15.3 Å². The van der Waals surface area contributed by atoms with Crippen molar-refractivity contribution in [2.45, 2.75) is 29.5 Å². The van der Waals surface area contributed by atoms with Crippen LogP contribution in [0.15, 0.2) is 22.8 Å². The maximum Gasteiger partial charge on any atom is 0.233 e. The van der Waals surface area contributed by atoms with E-state index in [1.807, 2.05) is 11.4 Å². The van der Waals surface area contributed by atoms with Gasteiger partial charge in [0.05, 0.1) is 5.25 Å². The zero-order valence-corrected chi connectivity index (χ0v) is 11.4. The quantitative estimate of drug-likeness (QED) is 0.858. The maximum absolute atomic E-state index is 11.9. The monoisotopic (exact) mass is 279 g/mol. The molecule has 3 rings (SSSR count). The molecule has 0 aliphatic carbocycles. The van der Waals surface area contributed by atoms with Crippen molar-refractivity contribution >= 4 is 39.2 Å². The highest BCUT2D eigenvalue weighted by molar-refractivity contribution is 8.00. The van der Waals surface area contributed by atoms with Gasteiger partial charge in [-0.3, -0.25) is 4.79 Å². The molecule has 1 atom stereocenters. The van der Waals surface area contributed by atoms with E-state index >= 15 is 0 Å². The van der Waals surface area contributed by atoms with Crippen molar-refractivity contribution in [3.05, 3.63) is 17.8 Å². The lowest BCUT2D eigenvalue weighted by Crippen LogP contribution is -2.30. The molecule has 0 aromatic carbocycles. The Morgan fingerprint density at radius 2 is 2.33 bits per heavy atom. The minimum atomic E-state index is -0.0227. The zero-order chi connectivity index (χ0) is 12.4. The number of aromatic nitrogens is 2. The number of rotatable bonds is 2. The molecule has 2 aromatic rings. The van der Waals surface area contributed by atoms with Crippen LogP contribution in [0.25, 0.3) is 10.2 Å². The van der Waals surface area contributed by atoms with Gasteiger partial charge < -0.3 is 5.32 Å². The van der Waals surface area contributed by atoms with Gasteiger partial charge in [0.15, 0.2) is 0 Å². The first-order valence-corrected chi connectivity index (χ1v) is 7.73. The standard InChI is InChI=1S/C12H13N3OS2/c16-10-9(3-1-2-5-13-10)18-12-8-4-6-17-11(8)14-7-15-12/h4,6-7,9H,1-3,5H2,(H,13,16). The van der Waals surface area contributed by atoms with Gasteiger partial charge in [-0.2, -0.15) is 0 Å². The van der Waals surface area contributed by atoms with E-state index in [9.17, 15) is 4.79 Å². The molecule has 1 saturated heterocycles. The third kappa shape index (κ3) is 2.35. The van der Waals surface area contributed by atoms with Crippen LogP contribution < -0.4 is 5.32 Å². The van der Waals surface area contributed by atoms with Crippen LogP contribution in [0.2, 0.25) is 0 Å². The van der Waals surface area contributed by atoms with Gasteiger partial charge in [0, 0.05) is 11.9 Å². The van der Waals surface area contributed by atoms with Gasteiger partial charge in [0.1, 0.15) is 16.2 Å². The summed E-state index contributed by atoms with van der Waals surface area (Å²) in [6, 6.07) is 2.02. The number of thioether (sulfide) groups is 1. The van der Waals surface area contributed by atoms with E-state index in [2.05, 4.69) is 15.3 Å². The van der Waals surface area contributed by atoms with Gasteiger partial charge in [-0.25, -0.2) is 9.97 Å². The molecule has 1 aliphatic heterocycles. The molecule has 1 unspecified atom stereocenters. The second-order valence-corrected chi connectivity index (χ2v) is 6.30. The molecule has 1 amide bonds. The van der Waals surface area contributed by atoms with E-state index in [1.165, 1.54) is 0 Å². The Hall–Kier alpha value is -1.14. The third-order valence-electron chi connectivity index (χ3n) is 2.96. The van der Waals surface area contributed by atoms with Crippen LogP contribution in [0.4, 0.5) is 0 Å². The maximum atomic E-state index is 11.9. The van der Waals surface area contributed by atoms with E-state index in [0.29, 0.717) is 0 Å². The lowest BCUT2D eigenvalue weighted by atomic mass is 10.2. The van der Waals surface area contributed by atoms with Crippen LogP contribution in [-0.4, -0.2) is 27.7 Å². The van der Waals surface area contributed by atoms with Crippen LogP contribution in [0.3, 0.4) is 0 Å². The number of carbonyl (C=O) groups excluding carboxylic acids is 1. The topological polar surface area (TPSA) is 54.9 Å². The van der Waals surface area contributed by atoms with Gasteiger partial charge in [-0.1, -0.05) is 18.2 Å². The zero-order valence-electron chi connectivity index (χ0n) is 9.76. The highest BCUT2D eigenvalue weighted by Crippen LogP contribution is 2.32. The Morgan fingerprint density at radius 1 is 1.39 bits per heavy atom. The second kappa shape index (κ2) is 5.24. The summed E-state index contributed by atoms with van der Waals surface area (Å²) in [6.45, 7) is 0.799. The Balaban J connectivity index is 1.86. The first-order chi connectivity index (χ1) is 8.84. The van der Waals surface area contributed by atoms with Crippen molar-refractivity contribution in [3.8, 4) is 0 Å². The van der Waals surface area contributed by atoms with Crippen molar-refractivity contribution in [1.29, 1.82) is 0 Å². The fourth-order valence-corrected chi connectivity index (χ4v) is 3.96. The molecule has 3 heterocycles. The molecule has 0 saturated carbocycles. The predicted octanol–water partition coefficient (Wildman–Crippen LogP) is 2.45. The van der Waals surface area contributed by atoms with Crippen LogP contribution in [0, 0.1) is 0 Å². The summed E-state index contributed by atoms with van der Waals surface area (Å²) in [5, 5.41) is 6.92. The van der Waals surface area contributed by atoms with Crippen LogP contribution >= 0.6 is 23.1 Å². The summed E-state index contributed by atoms with van der Waals surface area (Å²) in [4.78, 5) is 21.5. The number of nitrogens with zero attached hydrogens (tertiary/aromatic N) is 2. The molecule has 2 aromatic heterocycles. The second-order valence-electron chi connectivity index (χ2n) is 4.21. The number of carbonyl (C=O) groups is 1. The van der Waals surface area contributed by atoms with E-state index < -0.39 is 0 Å². The Bertz CT molecular complexity index is 569. The smallest absolute Gasteiger partial charge is 0.233 e. The Kier molecular flexibility index (Phi) is 3.47. The molecule has 0 bridgehead atoms. The van der Waals surface area contributed by atoms with Gasteiger partial charge >= 0.3 is 0 Å². The normalized spacial score (nSPS) is 20.7. The highest BCUT2D eigenvalue weighted by Gasteiger charge is 2.23. The summed E-state index contributed by atoms with van der Waals surface area (Å²) in [5.41, 5.74) is 0. The van der Waals surface area contributed by atoms with E-state index in [-0.39, 0.29) is 11.2 Å². The molecule has 4 nitrogen and oxygen atoms in total. The minimum absolute atomic E-state index is 0.0227. The Morgan fingerprint density at radius 3 is 3.28 bits per heavy atom. The van der Waals surface area contributed by atoms with E-state index in [4.69, 9.17) is 0 Å². The lowest BCUT2D eigenvalue weighted by molar-refractivity contribution is -0.120. The molecule has 0 spiro atoms. The molecular formula is C12H13N3OS2. The summed E-state index contributed by atoms with van der Waals surface area (Å²) in [6.07, 6.45) is 4.66. The SMILES string of the molecule is O=C1NCCCCC1Sc1ncnc2sccc12. The van der Waals surface area contributed by atoms with Crippen molar-refractivity contribution in [2.24, 2.45) is 0 Å². The number of hydrogen-bond donors (Lipinski definition) is 1. The number of fused-ring (bicyclic) bond motifs is 1. The van der Waals surface area contributed by atoms with Gasteiger partial charge in [0.25, 0.3) is 0 Å². The van der Waals surface area contributed by atoms with Crippen LogP contribution in [0.5, 0.6) is 0 Å². The molecule has 6 heteroatoms. The first kappa shape index (κ1) is 11.9. The average Bonchev–Trinajstić information content (AvgIpc) is 2.77. The van der Waals surface area contributed by atoms with Gasteiger partial charge in [-0.05, 0) is 24.3 Å². The van der Waals surface area contributed by atoms with Crippen molar-refractivity contribution < 1.29 is 4.79 Å².